The van der Waals surface area contributed by atoms with Crippen LogP contribution in [-0.4, -0.2) is 31.3 Å². The van der Waals surface area contributed by atoms with Gasteiger partial charge in [0.25, 0.3) is 0 Å². The molecule has 0 amide bonds. The van der Waals surface area contributed by atoms with Crippen molar-refractivity contribution in [2.45, 2.75) is 25.7 Å². The van der Waals surface area contributed by atoms with E-state index in [1.54, 1.807) is 0 Å². The van der Waals surface area contributed by atoms with E-state index in [9.17, 15) is 4.79 Å². The van der Waals surface area contributed by atoms with Gasteiger partial charge in [-0.25, -0.2) is 0 Å². The van der Waals surface area contributed by atoms with E-state index in [4.69, 9.17) is 0 Å². The molecule has 0 aliphatic heterocycles. The molecule has 3 heteroatoms. The monoisotopic (exact) mass is 297 g/mol. The van der Waals surface area contributed by atoms with Crippen LogP contribution in [0.15, 0.2) is 28.7 Å². The van der Waals surface area contributed by atoms with Crippen molar-refractivity contribution in [3.05, 3.63) is 34.3 Å². The van der Waals surface area contributed by atoms with Crippen molar-refractivity contribution in [2.24, 2.45) is 0 Å². The van der Waals surface area contributed by atoms with Crippen LogP contribution in [0.2, 0.25) is 0 Å². The number of rotatable bonds is 7. The van der Waals surface area contributed by atoms with E-state index in [1.165, 1.54) is 6.42 Å². The molecule has 0 bridgehead atoms. The lowest BCUT2D eigenvalue weighted by Crippen LogP contribution is -2.12. The van der Waals surface area contributed by atoms with Crippen LogP contribution in [0.4, 0.5) is 0 Å². The van der Waals surface area contributed by atoms with Crippen LogP contribution >= 0.6 is 15.9 Å². The molecule has 0 aliphatic carbocycles. The molecule has 17 heavy (non-hydrogen) atoms. The highest BCUT2D eigenvalue weighted by Gasteiger charge is 2.05. The molecule has 0 radical (unpaired) electrons. The summed E-state index contributed by atoms with van der Waals surface area (Å²) in [5.41, 5.74) is 0.812. The lowest BCUT2D eigenvalue weighted by Gasteiger charge is -2.08. The number of carbonyl (C=O) groups is 1. The topological polar surface area (TPSA) is 20.3 Å². The summed E-state index contributed by atoms with van der Waals surface area (Å²) in [5.74, 6) is 0.246. The summed E-state index contributed by atoms with van der Waals surface area (Å²) in [7, 11) is 4.15. The van der Waals surface area contributed by atoms with Gasteiger partial charge in [0.05, 0.1) is 0 Å². The molecule has 0 saturated carbocycles. The number of carbonyl (C=O) groups excluding carboxylic acids is 1. The fourth-order valence-corrected chi connectivity index (χ4v) is 2.10. The van der Waals surface area contributed by atoms with Crippen molar-refractivity contribution in [2.75, 3.05) is 20.6 Å². The molecule has 0 saturated heterocycles. The van der Waals surface area contributed by atoms with Crippen LogP contribution < -0.4 is 0 Å². The number of halogens is 1. The number of nitrogens with zero attached hydrogens (tertiary/aromatic N) is 1. The van der Waals surface area contributed by atoms with Crippen molar-refractivity contribution in [1.29, 1.82) is 0 Å². The minimum absolute atomic E-state index is 0.246. The largest absolute Gasteiger partial charge is 0.309 e. The zero-order valence-electron chi connectivity index (χ0n) is 10.6. The molecule has 0 spiro atoms. The molecular formula is C14H20BrNO. The van der Waals surface area contributed by atoms with E-state index < -0.39 is 0 Å². The average Bonchev–Trinajstić information content (AvgIpc) is 2.28. The van der Waals surface area contributed by atoms with Crippen LogP contribution in [0, 0.1) is 0 Å². The molecule has 0 atom stereocenters. The summed E-state index contributed by atoms with van der Waals surface area (Å²) < 4.78 is 0.968. The highest BCUT2D eigenvalue weighted by molar-refractivity contribution is 9.10. The summed E-state index contributed by atoms with van der Waals surface area (Å²) in [6.45, 7) is 1.10. The Balaban J connectivity index is 2.26. The maximum atomic E-state index is 11.9. The number of hydrogen-bond donors (Lipinski definition) is 0. The lowest BCUT2D eigenvalue weighted by molar-refractivity contribution is 0.0979. The molecule has 1 aromatic rings. The number of ketones is 1. The second-order valence-electron chi connectivity index (χ2n) is 4.55. The molecule has 0 aromatic heterocycles. The zero-order chi connectivity index (χ0) is 12.7. The van der Waals surface area contributed by atoms with Crippen molar-refractivity contribution in [3.8, 4) is 0 Å². The first-order valence-electron chi connectivity index (χ1n) is 6.03. The first-order chi connectivity index (χ1) is 8.09. The summed E-state index contributed by atoms with van der Waals surface area (Å²) in [6.07, 6.45) is 3.93. The van der Waals surface area contributed by atoms with E-state index in [1.807, 2.05) is 24.3 Å². The van der Waals surface area contributed by atoms with E-state index >= 15 is 0 Å². The quantitative estimate of drug-likeness (QED) is 0.564. The number of hydrogen-bond acceptors (Lipinski definition) is 2. The molecule has 0 unspecified atom stereocenters. The van der Waals surface area contributed by atoms with Crippen LogP contribution in [-0.2, 0) is 0 Å². The van der Waals surface area contributed by atoms with Gasteiger partial charge >= 0.3 is 0 Å². The maximum absolute atomic E-state index is 11.9. The zero-order valence-corrected chi connectivity index (χ0v) is 12.2. The van der Waals surface area contributed by atoms with Gasteiger partial charge in [-0.15, -0.1) is 0 Å². The first-order valence-corrected chi connectivity index (χ1v) is 6.82. The number of unbranched alkanes of at least 4 members (excludes halogenated alkanes) is 2. The molecule has 0 aliphatic rings. The predicted molar refractivity (Wildman–Crippen MR) is 75.5 cm³/mol. The SMILES string of the molecule is CN(C)CCCCCC(=O)c1cccc(Br)c1. The van der Waals surface area contributed by atoms with Crippen LogP contribution in [0.25, 0.3) is 0 Å². The Morgan fingerprint density at radius 2 is 2.00 bits per heavy atom. The van der Waals surface area contributed by atoms with Gasteiger partial charge in [0.15, 0.2) is 5.78 Å². The maximum Gasteiger partial charge on any atom is 0.162 e. The number of Topliss-reactive ketones (excluding diaryl/α,β-unsaturated/α-hetero) is 1. The van der Waals surface area contributed by atoms with E-state index in [0.29, 0.717) is 6.42 Å². The highest BCUT2D eigenvalue weighted by atomic mass is 79.9. The lowest BCUT2D eigenvalue weighted by atomic mass is 10.0. The van der Waals surface area contributed by atoms with Gasteiger partial charge < -0.3 is 4.90 Å². The van der Waals surface area contributed by atoms with Gasteiger partial charge in [-0.1, -0.05) is 34.5 Å². The molecule has 0 N–H and O–H groups in total. The molecule has 1 rings (SSSR count). The minimum Gasteiger partial charge on any atom is -0.309 e. The average molecular weight is 298 g/mol. The summed E-state index contributed by atoms with van der Waals surface area (Å²) in [5, 5.41) is 0. The van der Waals surface area contributed by atoms with Gasteiger partial charge in [0.1, 0.15) is 0 Å². The van der Waals surface area contributed by atoms with Crippen LogP contribution in [0.5, 0.6) is 0 Å². The molecule has 0 heterocycles. The third-order valence-corrected chi connectivity index (χ3v) is 3.15. The smallest absolute Gasteiger partial charge is 0.162 e. The molecule has 0 fully saturated rings. The van der Waals surface area contributed by atoms with Crippen molar-refractivity contribution in [3.63, 3.8) is 0 Å². The summed E-state index contributed by atoms with van der Waals surface area (Å²) in [4.78, 5) is 14.0. The Bertz CT molecular complexity index is 363. The summed E-state index contributed by atoms with van der Waals surface area (Å²) in [6, 6.07) is 7.62. The van der Waals surface area contributed by atoms with Gasteiger partial charge in [-0.05, 0) is 45.6 Å². The Labute approximate surface area is 112 Å². The second kappa shape index (κ2) is 7.62. The van der Waals surface area contributed by atoms with Gasteiger partial charge in [0.2, 0.25) is 0 Å². The first kappa shape index (κ1) is 14.4. The minimum atomic E-state index is 0.246. The van der Waals surface area contributed by atoms with E-state index in [2.05, 4.69) is 34.9 Å². The van der Waals surface area contributed by atoms with Gasteiger partial charge in [-0.3, -0.25) is 4.79 Å². The highest BCUT2D eigenvalue weighted by Crippen LogP contribution is 2.14. The normalized spacial score (nSPS) is 10.8. The Kier molecular flexibility index (Phi) is 6.45. The van der Waals surface area contributed by atoms with Crippen molar-refractivity contribution < 1.29 is 4.79 Å². The number of benzene rings is 1. The standard InChI is InChI=1S/C14H20BrNO/c1-16(2)10-5-3-4-9-14(17)12-7-6-8-13(15)11-12/h6-8,11H,3-5,9-10H2,1-2H3. The van der Waals surface area contributed by atoms with Crippen molar-refractivity contribution in [1.82, 2.24) is 4.90 Å². The Morgan fingerprint density at radius 3 is 2.65 bits per heavy atom. The van der Waals surface area contributed by atoms with E-state index in [-0.39, 0.29) is 5.78 Å². The Morgan fingerprint density at radius 1 is 1.24 bits per heavy atom. The van der Waals surface area contributed by atoms with Gasteiger partial charge in [0, 0.05) is 16.5 Å². The van der Waals surface area contributed by atoms with Crippen molar-refractivity contribution >= 4 is 21.7 Å². The molecule has 1 aromatic carbocycles. The third kappa shape index (κ3) is 5.99. The van der Waals surface area contributed by atoms with E-state index in [0.717, 1.165) is 29.4 Å². The third-order valence-electron chi connectivity index (χ3n) is 2.66. The summed E-state index contributed by atoms with van der Waals surface area (Å²) >= 11 is 3.38. The predicted octanol–water partition coefficient (Wildman–Crippen LogP) is 3.75. The molecular weight excluding hydrogens is 278 g/mol. The van der Waals surface area contributed by atoms with Crippen LogP contribution in [0.1, 0.15) is 36.0 Å². The van der Waals surface area contributed by atoms with Gasteiger partial charge in [-0.2, -0.15) is 0 Å². The fraction of sp³-hybridized carbons (Fsp3) is 0.500. The fourth-order valence-electron chi connectivity index (χ4n) is 1.70. The molecule has 94 valence electrons. The Hall–Kier alpha value is -0.670. The molecule has 2 nitrogen and oxygen atoms in total. The second-order valence-corrected chi connectivity index (χ2v) is 5.46. The van der Waals surface area contributed by atoms with Crippen LogP contribution in [0.3, 0.4) is 0 Å².